The van der Waals surface area contributed by atoms with Crippen LogP contribution in [0.2, 0.25) is 5.02 Å². The van der Waals surface area contributed by atoms with Gasteiger partial charge in [-0.3, -0.25) is 4.90 Å². The molecule has 11 nitrogen and oxygen atoms in total. The van der Waals surface area contributed by atoms with E-state index in [2.05, 4.69) is 30.8 Å². The summed E-state index contributed by atoms with van der Waals surface area (Å²) < 4.78 is 29.9. The molecule has 3 aromatic heterocycles. The molecule has 0 spiro atoms. The minimum Gasteiger partial charge on any atom is -0.494 e. The molecule has 0 bridgehead atoms. The lowest BCUT2D eigenvalue weighted by molar-refractivity contribution is 0.0624. The number of nitrogens with zero attached hydrogens (tertiary/aromatic N) is 7. The van der Waals surface area contributed by atoms with Crippen LogP contribution < -0.4 is 14.4 Å². The molecule has 0 amide bonds. The Hall–Kier alpha value is -4.68. The van der Waals surface area contributed by atoms with Gasteiger partial charge in [0.25, 0.3) is 0 Å². The van der Waals surface area contributed by atoms with Crippen LogP contribution in [0.25, 0.3) is 11.0 Å². The predicted molar refractivity (Wildman–Crippen MR) is 175 cm³/mol. The molecular formula is C34H35ClFN7O4. The number of halogens is 2. The van der Waals surface area contributed by atoms with Crippen molar-refractivity contribution < 1.29 is 23.8 Å². The average Bonchev–Trinajstić information content (AvgIpc) is 3.65. The van der Waals surface area contributed by atoms with Crippen molar-refractivity contribution in [2.75, 3.05) is 25.1 Å². The van der Waals surface area contributed by atoms with Gasteiger partial charge < -0.3 is 28.6 Å². The number of benzene rings is 2. The van der Waals surface area contributed by atoms with Gasteiger partial charge in [-0.05, 0) is 50.1 Å². The number of carboxylic acid groups (broad SMARTS) is 1. The van der Waals surface area contributed by atoms with E-state index >= 15 is 0 Å². The van der Waals surface area contributed by atoms with Crippen molar-refractivity contribution in [1.29, 1.82) is 0 Å². The van der Waals surface area contributed by atoms with Gasteiger partial charge in [-0.2, -0.15) is 4.98 Å². The van der Waals surface area contributed by atoms with E-state index in [1.807, 2.05) is 18.3 Å². The number of hydrogen-bond acceptors (Lipinski definition) is 8. The zero-order chi connectivity index (χ0) is 32.7. The van der Waals surface area contributed by atoms with Crippen molar-refractivity contribution in [3.8, 4) is 11.6 Å². The normalized spacial score (nSPS) is 17.8. The Labute approximate surface area is 276 Å². The number of aromatic carboxylic acids is 1. The van der Waals surface area contributed by atoms with Crippen molar-refractivity contribution in [2.24, 2.45) is 0 Å². The Balaban J connectivity index is 1.13. The maximum atomic E-state index is 14.3. The van der Waals surface area contributed by atoms with Crippen LogP contribution in [-0.4, -0.2) is 72.3 Å². The van der Waals surface area contributed by atoms with Gasteiger partial charge in [0.1, 0.15) is 35.3 Å². The highest BCUT2D eigenvalue weighted by molar-refractivity contribution is 6.30. The third kappa shape index (κ3) is 5.98. The molecule has 2 aliphatic rings. The highest BCUT2D eigenvalue weighted by atomic mass is 35.5. The Morgan fingerprint density at radius 1 is 1.09 bits per heavy atom. The number of ether oxygens (including phenoxy) is 2. The van der Waals surface area contributed by atoms with E-state index in [-0.39, 0.29) is 18.2 Å². The minimum absolute atomic E-state index is 0.0536. The monoisotopic (exact) mass is 659 g/mol. The SMILES string of the molecule is CCn1cncc1Cn1c(CN2CCN(c3cccc(OCc4ccc(Cl)cc4F)n3)[C@@H]3CC[C@H]32)nc2c(OC)cc(C(=O)O)cc21. The molecule has 4 heterocycles. The molecule has 2 atom stereocenters. The van der Waals surface area contributed by atoms with Crippen LogP contribution >= 0.6 is 11.6 Å². The van der Waals surface area contributed by atoms with Crippen LogP contribution in [0.1, 0.15) is 47.2 Å². The molecule has 2 aromatic carbocycles. The zero-order valence-electron chi connectivity index (χ0n) is 26.1. The van der Waals surface area contributed by atoms with Gasteiger partial charge in [0.2, 0.25) is 5.88 Å². The van der Waals surface area contributed by atoms with Gasteiger partial charge in [-0.1, -0.05) is 23.7 Å². The summed E-state index contributed by atoms with van der Waals surface area (Å²) in [4.78, 5) is 31.0. The second-order valence-electron chi connectivity index (χ2n) is 11.9. The molecule has 0 radical (unpaired) electrons. The molecule has 1 saturated carbocycles. The van der Waals surface area contributed by atoms with E-state index in [4.69, 9.17) is 31.0 Å². The highest BCUT2D eigenvalue weighted by Crippen LogP contribution is 2.38. The van der Waals surface area contributed by atoms with Gasteiger partial charge >= 0.3 is 5.97 Å². The second-order valence-corrected chi connectivity index (χ2v) is 12.3. The minimum atomic E-state index is -1.02. The molecule has 13 heteroatoms. The lowest BCUT2D eigenvalue weighted by Gasteiger charge is -2.54. The Morgan fingerprint density at radius 2 is 1.94 bits per heavy atom. The number of carbonyl (C=O) groups is 1. The lowest BCUT2D eigenvalue weighted by atomic mass is 9.81. The zero-order valence-corrected chi connectivity index (χ0v) is 26.9. The molecule has 1 saturated heterocycles. The van der Waals surface area contributed by atoms with Crippen molar-refractivity contribution in [3.05, 3.63) is 94.5 Å². The number of aryl methyl sites for hydroxylation is 1. The van der Waals surface area contributed by atoms with Gasteiger partial charge in [-0.25, -0.2) is 19.2 Å². The number of imidazole rings is 2. The van der Waals surface area contributed by atoms with Gasteiger partial charge in [0, 0.05) is 54.6 Å². The average molecular weight is 660 g/mol. The lowest BCUT2D eigenvalue weighted by Crippen LogP contribution is -2.64. The van der Waals surface area contributed by atoms with Crippen LogP contribution in [0.4, 0.5) is 10.2 Å². The topological polar surface area (TPSA) is 111 Å². The third-order valence-corrected chi connectivity index (χ3v) is 9.50. The first kappa shape index (κ1) is 30.9. The predicted octanol–water partition coefficient (Wildman–Crippen LogP) is 5.63. The van der Waals surface area contributed by atoms with E-state index < -0.39 is 11.8 Å². The summed E-state index contributed by atoms with van der Waals surface area (Å²) in [6.45, 7) is 5.53. The fraction of sp³-hybridized carbons (Fsp3) is 0.353. The van der Waals surface area contributed by atoms with Crippen LogP contribution in [0.5, 0.6) is 11.6 Å². The van der Waals surface area contributed by atoms with Crippen LogP contribution in [0.3, 0.4) is 0 Å². The largest absolute Gasteiger partial charge is 0.494 e. The Morgan fingerprint density at radius 3 is 2.68 bits per heavy atom. The van der Waals surface area contributed by atoms with E-state index in [9.17, 15) is 14.3 Å². The molecule has 2 fully saturated rings. The second kappa shape index (κ2) is 12.8. The standard InChI is InChI=1S/C34H35ClFN7O4/c1-3-40-20-37-16-24(40)17-43-28-13-22(34(44)45)14-29(46-2)33(28)39-31(43)18-41-11-12-42(27-10-9-26(27)41)30-5-4-6-32(38-30)47-19-21-7-8-23(35)15-25(21)36/h4-8,13-16,20,26-27H,3,9-12,17-19H2,1-2H3,(H,44,45)/t26-,27-/m1/s1. The van der Waals surface area contributed by atoms with E-state index in [1.165, 1.54) is 19.2 Å². The number of pyridine rings is 1. The van der Waals surface area contributed by atoms with Crippen LogP contribution in [0.15, 0.2) is 61.1 Å². The number of piperazine rings is 1. The first-order valence-electron chi connectivity index (χ1n) is 15.7. The maximum Gasteiger partial charge on any atom is 0.335 e. The summed E-state index contributed by atoms with van der Waals surface area (Å²) in [5, 5.41) is 10.2. The molecular weight excluding hydrogens is 625 g/mol. The fourth-order valence-corrected chi connectivity index (χ4v) is 6.82. The first-order chi connectivity index (χ1) is 22.8. The van der Waals surface area contributed by atoms with Crippen molar-refractivity contribution in [1.82, 2.24) is 29.0 Å². The Kier molecular flexibility index (Phi) is 8.46. The quantitative estimate of drug-likeness (QED) is 0.193. The summed E-state index contributed by atoms with van der Waals surface area (Å²) >= 11 is 5.89. The number of aromatic nitrogens is 5. The van der Waals surface area contributed by atoms with Crippen LogP contribution in [-0.2, 0) is 26.2 Å². The fourth-order valence-electron chi connectivity index (χ4n) is 6.66. The van der Waals surface area contributed by atoms with Gasteiger partial charge in [-0.15, -0.1) is 0 Å². The highest BCUT2D eigenvalue weighted by Gasteiger charge is 2.43. The summed E-state index contributed by atoms with van der Waals surface area (Å²) in [7, 11) is 1.54. The van der Waals surface area contributed by atoms with Crippen molar-refractivity contribution in [3.63, 3.8) is 0 Å². The first-order valence-corrected chi connectivity index (χ1v) is 16.0. The maximum absolute atomic E-state index is 14.3. The number of hydrogen-bond donors (Lipinski definition) is 1. The molecule has 47 heavy (non-hydrogen) atoms. The van der Waals surface area contributed by atoms with E-state index in [1.54, 1.807) is 30.6 Å². The molecule has 1 N–H and O–H groups in total. The summed E-state index contributed by atoms with van der Waals surface area (Å²) in [6, 6.07) is 14.0. The molecule has 1 aliphatic carbocycles. The van der Waals surface area contributed by atoms with Gasteiger partial charge in [0.15, 0.2) is 0 Å². The van der Waals surface area contributed by atoms with Crippen molar-refractivity contribution in [2.45, 2.75) is 58.1 Å². The van der Waals surface area contributed by atoms with Crippen molar-refractivity contribution >= 4 is 34.4 Å². The number of rotatable bonds is 11. The van der Waals surface area contributed by atoms with Gasteiger partial charge in [0.05, 0.1) is 43.3 Å². The molecule has 0 unspecified atom stereocenters. The number of methoxy groups -OCH3 is 1. The smallest absolute Gasteiger partial charge is 0.335 e. The molecule has 1 aliphatic heterocycles. The molecule has 244 valence electrons. The summed E-state index contributed by atoms with van der Waals surface area (Å²) in [6.07, 6.45) is 5.73. The third-order valence-electron chi connectivity index (χ3n) is 9.26. The summed E-state index contributed by atoms with van der Waals surface area (Å²) in [5.74, 6) is 1.11. The Bertz CT molecular complexity index is 1950. The summed E-state index contributed by atoms with van der Waals surface area (Å²) in [5.41, 5.74) is 2.92. The van der Waals surface area contributed by atoms with E-state index in [0.717, 1.165) is 49.8 Å². The van der Waals surface area contributed by atoms with Crippen LogP contribution in [0, 0.1) is 5.82 Å². The number of carboxylic acids is 1. The molecule has 7 rings (SSSR count). The number of anilines is 1. The molecule has 5 aromatic rings. The number of fused-ring (bicyclic) bond motifs is 2. The van der Waals surface area contributed by atoms with E-state index in [0.29, 0.717) is 52.4 Å².